The van der Waals surface area contributed by atoms with Gasteiger partial charge in [-0.05, 0) is 11.1 Å². The molecule has 0 spiro atoms. The molecule has 6 heteroatoms. The standard InChI is InChI=1S/C16H10N4O2/c17-19-9-15(21)13-5-1-11(2-6-13)12-3-7-14(8-4-12)16(22)10-20-18/h1-10H. The summed E-state index contributed by atoms with van der Waals surface area (Å²) >= 11 is 0. The lowest BCUT2D eigenvalue weighted by Crippen LogP contribution is -2.01. The highest BCUT2D eigenvalue weighted by molar-refractivity contribution is 6.34. The third-order valence-corrected chi connectivity index (χ3v) is 3.02. The fourth-order valence-corrected chi connectivity index (χ4v) is 1.91. The van der Waals surface area contributed by atoms with Gasteiger partial charge in [0.2, 0.25) is 0 Å². The van der Waals surface area contributed by atoms with Gasteiger partial charge < -0.3 is 11.1 Å². The van der Waals surface area contributed by atoms with E-state index < -0.39 is 11.6 Å². The molecule has 22 heavy (non-hydrogen) atoms. The maximum Gasteiger partial charge on any atom is 0.328 e. The zero-order valence-electron chi connectivity index (χ0n) is 11.4. The van der Waals surface area contributed by atoms with Crippen molar-refractivity contribution in [1.82, 2.24) is 0 Å². The highest BCUT2D eigenvalue weighted by Gasteiger charge is 2.09. The highest BCUT2D eigenvalue weighted by Crippen LogP contribution is 2.20. The van der Waals surface area contributed by atoms with Crippen molar-refractivity contribution in [2.75, 3.05) is 0 Å². The number of ketones is 2. The van der Waals surface area contributed by atoms with Gasteiger partial charge in [0.25, 0.3) is 11.6 Å². The quantitative estimate of drug-likeness (QED) is 0.364. The van der Waals surface area contributed by atoms with Gasteiger partial charge in [-0.1, -0.05) is 48.5 Å². The molecule has 0 unspecified atom stereocenters. The lowest BCUT2D eigenvalue weighted by atomic mass is 10.0. The first-order valence-corrected chi connectivity index (χ1v) is 6.29. The van der Waals surface area contributed by atoms with E-state index in [2.05, 4.69) is 9.58 Å². The molecule has 0 N–H and O–H groups in total. The number of benzene rings is 2. The maximum absolute atomic E-state index is 11.5. The van der Waals surface area contributed by atoms with Gasteiger partial charge in [-0.3, -0.25) is 9.59 Å². The Morgan fingerprint density at radius 1 is 0.682 bits per heavy atom. The van der Waals surface area contributed by atoms with Gasteiger partial charge in [0, 0.05) is 11.1 Å². The molecule has 0 saturated carbocycles. The van der Waals surface area contributed by atoms with Crippen molar-refractivity contribution in [3.8, 4) is 11.1 Å². The van der Waals surface area contributed by atoms with Crippen LogP contribution in [0.4, 0.5) is 0 Å². The van der Waals surface area contributed by atoms with Crippen LogP contribution in [0.5, 0.6) is 0 Å². The molecule has 0 amide bonds. The van der Waals surface area contributed by atoms with Crippen LogP contribution in [-0.4, -0.2) is 33.6 Å². The van der Waals surface area contributed by atoms with Gasteiger partial charge in [0.1, 0.15) is 0 Å². The van der Waals surface area contributed by atoms with Gasteiger partial charge >= 0.3 is 12.4 Å². The summed E-state index contributed by atoms with van der Waals surface area (Å²) in [5.41, 5.74) is 19.2. The Kier molecular flexibility index (Phi) is 4.63. The summed E-state index contributed by atoms with van der Waals surface area (Å²) in [7, 11) is 0. The highest BCUT2D eigenvalue weighted by atomic mass is 16.1. The van der Waals surface area contributed by atoms with Crippen LogP contribution >= 0.6 is 0 Å². The minimum absolute atomic E-state index is 0.390. The molecule has 0 heterocycles. The SMILES string of the molecule is [N-]=[N+]=CC(=O)c1ccc(-c2ccc(C(=O)C=[N+]=[N-])cc2)cc1. The van der Waals surface area contributed by atoms with Crippen LogP contribution in [0.15, 0.2) is 48.5 Å². The lowest BCUT2D eigenvalue weighted by Gasteiger charge is -2.03. The molecule has 0 saturated heterocycles. The Bertz CT molecular complexity index is 739. The topological polar surface area (TPSA) is 107 Å². The third kappa shape index (κ3) is 3.35. The Morgan fingerprint density at radius 2 is 1.00 bits per heavy atom. The van der Waals surface area contributed by atoms with Crippen LogP contribution in [-0.2, 0) is 0 Å². The van der Waals surface area contributed by atoms with Crippen molar-refractivity contribution in [2.45, 2.75) is 0 Å². The van der Waals surface area contributed by atoms with Crippen molar-refractivity contribution in [3.05, 3.63) is 70.7 Å². The van der Waals surface area contributed by atoms with Crippen LogP contribution in [0, 0.1) is 0 Å². The molecule has 2 aromatic rings. The fraction of sp³-hybridized carbons (Fsp3) is 0. The number of Topliss-reactive ketones (excluding diaryl/α,β-unsaturated/α-hetero) is 2. The number of hydrogen-bond donors (Lipinski definition) is 0. The molecule has 0 fully saturated rings. The number of carbonyl (C=O) groups is 2. The first-order valence-electron chi connectivity index (χ1n) is 6.29. The first kappa shape index (κ1) is 14.9. The van der Waals surface area contributed by atoms with Crippen LogP contribution in [0.2, 0.25) is 0 Å². The Balaban J connectivity index is 2.25. The average Bonchev–Trinajstić information content (AvgIpc) is 2.55. The van der Waals surface area contributed by atoms with Gasteiger partial charge in [0.15, 0.2) is 0 Å². The molecule has 0 atom stereocenters. The van der Waals surface area contributed by atoms with Gasteiger partial charge in [-0.15, -0.1) is 0 Å². The molecular formula is C16H10N4O2. The molecule has 0 radical (unpaired) electrons. The summed E-state index contributed by atoms with van der Waals surface area (Å²) in [5.74, 6) is -0.781. The van der Waals surface area contributed by atoms with E-state index in [9.17, 15) is 9.59 Å². The Labute approximate surface area is 125 Å². The minimum Gasteiger partial charge on any atom is -0.361 e. The molecule has 2 aromatic carbocycles. The average molecular weight is 290 g/mol. The Morgan fingerprint density at radius 3 is 1.27 bits per heavy atom. The molecular weight excluding hydrogens is 280 g/mol. The second-order valence-electron chi connectivity index (χ2n) is 4.37. The Hall–Kier alpha value is -3.46. The van der Waals surface area contributed by atoms with Crippen molar-refractivity contribution in [2.24, 2.45) is 0 Å². The van der Waals surface area contributed by atoms with Crippen molar-refractivity contribution >= 4 is 24.0 Å². The number of nitrogens with zero attached hydrogens (tertiary/aromatic N) is 4. The second-order valence-corrected chi connectivity index (χ2v) is 4.37. The van der Waals surface area contributed by atoms with Gasteiger partial charge in [-0.2, -0.15) is 9.58 Å². The molecule has 0 aliphatic rings. The van der Waals surface area contributed by atoms with Crippen LogP contribution in [0.3, 0.4) is 0 Å². The monoisotopic (exact) mass is 290 g/mol. The van der Waals surface area contributed by atoms with Crippen molar-refractivity contribution in [1.29, 1.82) is 0 Å². The molecule has 0 aliphatic carbocycles. The van der Waals surface area contributed by atoms with Crippen molar-refractivity contribution in [3.63, 3.8) is 0 Å². The van der Waals surface area contributed by atoms with Crippen LogP contribution in [0.1, 0.15) is 20.7 Å². The van der Waals surface area contributed by atoms with E-state index in [0.717, 1.165) is 23.6 Å². The summed E-state index contributed by atoms with van der Waals surface area (Å²) < 4.78 is 0. The minimum atomic E-state index is -0.390. The van der Waals surface area contributed by atoms with E-state index >= 15 is 0 Å². The van der Waals surface area contributed by atoms with Crippen LogP contribution < -0.4 is 0 Å². The first-order chi connectivity index (χ1) is 10.7. The molecule has 106 valence electrons. The molecule has 0 aliphatic heterocycles. The van der Waals surface area contributed by atoms with E-state index in [-0.39, 0.29) is 0 Å². The summed E-state index contributed by atoms with van der Waals surface area (Å²) in [4.78, 5) is 28.4. The van der Waals surface area contributed by atoms with Gasteiger partial charge in [-0.25, -0.2) is 0 Å². The van der Waals surface area contributed by atoms with E-state index in [1.807, 2.05) is 0 Å². The smallest absolute Gasteiger partial charge is 0.328 e. The molecule has 0 aromatic heterocycles. The van der Waals surface area contributed by atoms with Gasteiger partial charge in [0.05, 0.1) is 0 Å². The summed E-state index contributed by atoms with van der Waals surface area (Å²) in [6, 6.07) is 13.5. The van der Waals surface area contributed by atoms with E-state index in [1.54, 1.807) is 48.5 Å². The molecule has 0 bridgehead atoms. The largest absolute Gasteiger partial charge is 0.361 e. The maximum atomic E-state index is 11.5. The fourth-order valence-electron chi connectivity index (χ4n) is 1.91. The van der Waals surface area contributed by atoms with E-state index in [1.165, 1.54) is 0 Å². The molecule has 6 nitrogen and oxygen atoms in total. The number of rotatable bonds is 5. The van der Waals surface area contributed by atoms with Crippen molar-refractivity contribution < 1.29 is 19.2 Å². The van der Waals surface area contributed by atoms with E-state index in [0.29, 0.717) is 11.1 Å². The summed E-state index contributed by atoms with van der Waals surface area (Å²) in [6.07, 6.45) is 1.66. The van der Waals surface area contributed by atoms with Crippen LogP contribution in [0.25, 0.3) is 22.2 Å². The molecule has 2 rings (SSSR count). The van der Waals surface area contributed by atoms with E-state index in [4.69, 9.17) is 11.1 Å². The predicted octanol–water partition coefficient (Wildman–Crippen LogP) is 2.32. The summed E-state index contributed by atoms with van der Waals surface area (Å²) in [6.45, 7) is 0. The second kappa shape index (κ2) is 6.81. The summed E-state index contributed by atoms with van der Waals surface area (Å²) in [5, 5.41) is 0. The zero-order valence-corrected chi connectivity index (χ0v) is 11.4. The normalized spacial score (nSPS) is 9.27. The number of hydrogen-bond acceptors (Lipinski definition) is 2. The lowest BCUT2D eigenvalue weighted by molar-refractivity contribution is 0.00214. The third-order valence-electron chi connectivity index (χ3n) is 3.02. The predicted molar refractivity (Wildman–Crippen MR) is 79.9 cm³/mol. The number of carbonyl (C=O) groups excluding carboxylic acids is 2. The zero-order chi connectivity index (χ0) is 15.9.